The lowest BCUT2D eigenvalue weighted by Crippen LogP contribution is -2.33. The molecule has 8 aromatic rings. The van der Waals surface area contributed by atoms with E-state index in [0.717, 1.165) is 52.1 Å². The zero-order valence-corrected chi connectivity index (χ0v) is 24.2. The Balaban J connectivity index is 0.000000123. The molecular formula is C38H30N4O2+2. The molecule has 10 rings (SSSR count). The van der Waals surface area contributed by atoms with Crippen LogP contribution in [0.15, 0.2) is 119 Å². The average Bonchev–Trinajstić information content (AvgIpc) is 3.40. The normalized spacial score (nSPS) is 14.0. The standard InChI is InChI=1S/C19H14N2O2.C19H16N2/c22-16-8-6-14-12-4-1-2-5-13(12)15-7-9-17(23)21-11-3-10-20(16)18(14)19(15)21;1-2-7-15-14(6-1)16-8-3-10-20-12-5-13-21-11-4-9-17(15)19(21)18(16)20/h1-2,4-9H,3,10-11H2;1-4,6-11H,5,12-13H2/q;+2. The van der Waals surface area contributed by atoms with Crippen LogP contribution in [0.25, 0.3) is 65.2 Å². The summed E-state index contributed by atoms with van der Waals surface area (Å²) in [6.45, 7) is 3.47. The number of aryl methyl sites for hydroxylation is 4. The molecular weight excluding hydrogens is 544 g/mol. The first-order chi connectivity index (χ1) is 21.7. The van der Waals surface area contributed by atoms with Crippen molar-refractivity contribution in [2.75, 3.05) is 0 Å². The predicted octanol–water partition coefficient (Wildman–Crippen LogP) is 6.00. The molecule has 0 radical (unpaired) electrons. The number of aromatic nitrogens is 4. The number of fused-ring (bicyclic) bond motifs is 6. The van der Waals surface area contributed by atoms with E-state index in [4.69, 9.17) is 0 Å². The third-order valence-corrected chi connectivity index (χ3v) is 9.53. The fourth-order valence-corrected chi connectivity index (χ4v) is 7.69. The van der Waals surface area contributed by atoms with E-state index < -0.39 is 0 Å². The van der Waals surface area contributed by atoms with Gasteiger partial charge in [0.2, 0.25) is 0 Å². The first kappa shape index (κ1) is 25.2. The molecule has 0 N–H and O–H groups in total. The SMILES string of the molecule is O=c1ccc2c3ccccc3c3ccc(=O)n4c3c2n1CCC4.c1ccc2c(c1)c1ccc[n+]3c1c1c2ccc[n+]1CCC3. The minimum atomic E-state index is -0.00108. The number of hydrogen-bond acceptors (Lipinski definition) is 2. The first-order valence-electron chi connectivity index (χ1n) is 15.4. The van der Waals surface area contributed by atoms with Crippen molar-refractivity contribution < 1.29 is 9.13 Å². The molecule has 0 atom stereocenters. The lowest BCUT2D eigenvalue weighted by Gasteiger charge is -2.14. The number of pyridine rings is 4. The van der Waals surface area contributed by atoms with Crippen molar-refractivity contribution in [2.45, 2.75) is 39.0 Å². The molecule has 0 saturated carbocycles. The van der Waals surface area contributed by atoms with E-state index in [1.54, 1.807) is 12.1 Å². The van der Waals surface area contributed by atoms with Gasteiger partial charge >= 0.3 is 0 Å². The summed E-state index contributed by atoms with van der Waals surface area (Å²) in [6, 6.07) is 32.9. The Morgan fingerprint density at radius 1 is 0.432 bits per heavy atom. The average molecular weight is 575 g/mol. The summed E-state index contributed by atoms with van der Waals surface area (Å²) in [6.07, 6.45) is 6.40. The summed E-state index contributed by atoms with van der Waals surface area (Å²) < 4.78 is 8.50. The highest BCUT2D eigenvalue weighted by molar-refractivity contribution is 6.23. The van der Waals surface area contributed by atoms with Gasteiger partial charge in [-0.05, 0) is 52.2 Å². The maximum Gasteiger partial charge on any atom is 0.285 e. The fourth-order valence-electron chi connectivity index (χ4n) is 7.69. The lowest BCUT2D eigenvalue weighted by atomic mass is 9.99. The molecule has 2 aliphatic heterocycles. The lowest BCUT2D eigenvalue weighted by molar-refractivity contribution is -0.682. The van der Waals surface area contributed by atoms with Crippen molar-refractivity contribution in [2.24, 2.45) is 0 Å². The van der Waals surface area contributed by atoms with Crippen molar-refractivity contribution in [3.63, 3.8) is 0 Å². The maximum absolute atomic E-state index is 12.4. The van der Waals surface area contributed by atoms with Gasteiger partial charge in [-0.15, -0.1) is 0 Å². The van der Waals surface area contributed by atoms with E-state index in [0.29, 0.717) is 13.1 Å². The topological polar surface area (TPSA) is 51.8 Å². The van der Waals surface area contributed by atoms with Crippen LogP contribution >= 0.6 is 0 Å². The van der Waals surface area contributed by atoms with Gasteiger partial charge in [0.05, 0.1) is 28.2 Å². The maximum atomic E-state index is 12.4. The highest BCUT2D eigenvalue weighted by atomic mass is 16.1. The highest BCUT2D eigenvalue weighted by Gasteiger charge is 2.27. The Hall–Kier alpha value is -5.36. The van der Waals surface area contributed by atoms with Gasteiger partial charge in [-0.3, -0.25) is 9.59 Å². The van der Waals surface area contributed by atoms with Gasteiger partial charge in [0.15, 0.2) is 25.5 Å². The van der Waals surface area contributed by atoms with Crippen LogP contribution in [0.4, 0.5) is 0 Å². The molecule has 6 heterocycles. The Morgan fingerprint density at radius 3 is 1.30 bits per heavy atom. The van der Waals surface area contributed by atoms with Crippen LogP contribution < -0.4 is 20.3 Å². The monoisotopic (exact) mass is 574 g/mol. The Labute approximate surface area is 252 Å². The van der Waals surface area contributed by atoms with Crippen molar-refractivity contribution in [1.29, 1.82) is 0 Å². The van der Waals surface area contributed by atoms with Gasteiger partial charge in [-0.1, -0.05) is 48.5 Å². The van der Waals surface area contributed by atoms with E-state index >= 15 is 0 Å². The van der Waals surface area contributed by atoms with E-state index in [2.05, 4.69) is 82.2 Å². The van der Waals surface area contributed by atoms with Gasteiger partial charge in [0.1, 0.15) is 0 Å². The van der Waals surface area contributed by atoms with E-state index in [9.17, 15) is 9.59 Å². The van der Waals surface area contributed by atoms with E-state index in [1.807, 2.05) is 33.4 Å². The van der Waals surface area contributed by atoms with Crippen molar-refractivity contribution >= 4 is 65.2 Å². The van der Waals surface area contributed by atoms with Gasteiger partial charge in [0.25, 0.3) is 22.2 Å². The molecule has 0 aliphatic carbocycles. The van der Waals surface area contributed by atoms with Crippen molar-refractivity contribution in [3.05, 3.63) is 130 Å². The third-order valence-electron chi connectivity index (χ3n) is 9.53. The summed E-state index contributed by atoms with van der Waals surface area (Å²) in [7, 11) is 0. The molecule has 0 unspecified atom stereocenters. The summed E-state index contributed by atoms with van der Waals surface area (Å²) in [4.78, 5) is 24.8. The summed E-state index contributed by atoms with van der Waals surface area (Å²) in [5, 5.41) is 9.75. The van der Waals surface area contributed by atoms with Crippen LogP contribution in [0.1, 0.15) is 12.8 Å². The van der Waals surface area contributed by atoms with Gasteiger partial charge < -0.3 is 9.13 Å². The molecule has 6 nitrogen and oxygen atoms in total. The molecule has 6 heteroatoms. The third kappa shape index (κ3) is 3.54. The predicted molar refractivity (Wildman–Crippen MR) is 176 cm³/mol. The molecule has 0 bridgehead atoms. The first-order valence-corrected chi connectivity index (χ1v) is 15.4. The van der Waals surface area contributed by atoms with E-state index in [1.165, 1.54) is 39.0 Å². The van der Waals surface area contributed by atoms with Crippen LogP contribution in [0.3, 0.4) is 0 Å². The second-order valence-corrected chi connectivity index (χ2v) is 11.9. The molecule has 44 heavy (non-hydrogen) atoms. The number of hydrogen-bond donors (Lipinski definition) is 0. The zero-order valence-electron chi connectivity index (χ0n) is 24.2. The Morgan fingerprint density at radius 2 is 0.841 bits per heavy atom. The molecule has 4 aromatic carbocycles. The van der Waals surface area contributed by atoms with Crippen molar-refractivity contribution in [1.82, 2.24) is 9.13 Å². The quantitative estimate of drug-likeness (QED) is 0.165. The second kappa shape index (κ2) is 9.58. The zero-order chi connectivity index (χ0) is 29.4. The number of nitrogens with zero attached hydrogens (tertiary/aromatic N) is 4. The second-order valence-electron chi connectivity index (χ2n) is 11.9. The number of rotatable bonds is 0. The molecule has 0 amide bonds. The summed E-state index contributed by atoms with van der Waals surface area (Å²) in [5.41, 5.74) is 4.54. The van der Waals surface area contributed by atoms with Crippen LogP contribution in [0, 0.1) is 0 Å². The summed E-state index contributed by atoms with van der Waals surface area (Å²) in [5.74, 6) is 0. The Bertz CT molecular complexity index is 2440. The van der Waals surface area contributed by atoms with Crippen LogP contribution in [0.2, 0.25) is 0 Å². The van der Waals surface area contributed by atoms with Gasteiger partial charge in [-0.2, -0.15) is 9.13 Å². The van der Waals surface area contributed by atoms with Crippen LogP contribution in [0.5, 0.6) is 0 Å². The molecule has 0 fully saturated rings. The molecule has 0 spiro atoms. The molecule has 0 saturated heterocycles. The fraction of sp³-hybridized carbons (Fsp3) is 0.158. The highest BCUT2D eigenvalue weighted by Crippen LogP contribution is 2.35. The smallest absolute Gasteiger partial charge is 0.285 e. The minimum absolute atomic E-state index is 0.00108. The van der Waals surface area contributed by atoms with E-state index in [-0.39, 0.29) is 11.1 Å². The summed E-state index contributed by atoms with van der Waals surface area (Å²) >= 11 is 0. The number of benzene rings is 4. The molecule has 2 aliphatic rings. The van der Waals surface area contributed by atoms with Crippen LogP contribution in [-0.4, -0.2) is 9.13 Å². The van der Waals surface area contributed by atoms with Gasteiger partial charge in [0, 0.05) is 48.1 Å². The van der Waals surface area contributed by atoms with Crippen molar-refractivity contribution in [3.8, 4) is 0 Å². The largest absolute Gasteiger partial charge is 0.306 e. The van der Waals surface area contributed by atoms with Crippen LogP contribution in [-0.2, 0) is 26.2 Å². The molecule has 212 valence electrons. The van der Waals surface area contributed by atoms with Gasteiger partial charge in [-0.25, -0.2) is 0 Å². The molecule has 4 aromatic heterocycles. The minimum Gasteiger partial charge on any atom is -0.306 e. The Kier molecular flexibility index (Phi) is 5.48.